The zero-order valence-electron chi connectivity index (χ0n) is 7.21. The Kier molecular flexibility index (Phi) is 2.44. The Balaban J connectivity index is 2.52. The van der Waals surface area contributed by atoms with E-state index in [1.807, 2.05) is 0 Å². The molecule has 7 heteroatoms. The molecule has 1 aliphatic rings. The number of pyridine rings is 1. The Morgan fingerprint density at radius 1 is 1.60 bits per heavy atom. The molecule has 1 unspecified atom stereocenters. The van der Waals surface area contributed by atoms with Crippen LogP contribution in [0.25, 0.3) is 0 Å². The van der Waals surface area contributed by atoms with Crippen molar-refractivity contribution in [1.82, 2.24) is 4.98 Å². The van der Waals surface area contributed by atoms with Crippen LogP contribution >= 0.6 is 11.6 Å². The van der Waals surface area contributed by atoms with Gasteiger partial charge in [-0.1, -0.05) is 11.6 Å². The first kappa shape index (κ1) is 10.1. The fourth-order valence-corrected chi connectivity index (χ4v) is 1.55. The Hall–Kier alpha value is -1.43. The van der Waals surface area contributed by atoms with Gasteiger partial charge in [0.05, 0.1) is 10.6 Å². The minimum absolute atomic E-state index is 0.00812. The molecule has 2 rings (SSSR count). The van der Waals surface area contributed by atoms with E-state index in [1.54, 1.807) is 0 Å². The number of hydrogen-bond donors (Lipinski definition) is 1. The van der Waals surface area contributed by atoms with Crippen LogP contribution in [0.15, 0.2) is 12.3 Å². The second kappa shape index (κ2) is 3.62. The van der Waals surface area contributed by atoms with Crippen LogP contribution in [0.3, 0.4) is 0 Å². The summed E-state index contributed by atoms with van der Waals surface area (Å²) in [6, 6.07) is 1.36. The highest BCUT2D eigenvalue weighted by atomic mass is 35.5. The third-order valence-electron chi connectivity index (χ3n) is 1.90. The number of nitrogens with one attached hydrogen (secondary N) is 1. The molecule has 0 saturated carbocycles. The minimum atomic E-state index is -2.84. The second-order valence-corrected chi connectivity index (χ2v) is 3.25. The number of amides is 1. The molecule has 0 aliphatic carbocycles. The maximum atomic E-state index is 12.6. The van der Waals surface area contributed by atoms with Crippen LogP contribution in [-0.4, -0.2) is 17.5 Å². The van der Waals surface area contributed by atoms with Gasteiger partial charge < -0.3 is 4.74 Å². The lowest BCUT2D eigenvalue weighted by molar-refractivity contribution is -0.0171. The van der Waals surface area contributed by atoms with Gasteiger partial charge in [0.2, 0.25) is 0 Å². The van der Waals surface area contributed by atoms with E-state index in [9.17, 15) is 13.6 Å². The van der Waals surface area contributed by atoms with Gasteiger partial charge in [-0.2, -0.15) is 0 Å². The summed E-state index contributed by atoms with van der Waals surface area (Å²) in [6.45, 7) is 0. The van der Waals surface area contributed by atoms with Gasteiger partial charge in [0.25, 0.3) is 6.43 Å². The van der Waals surface area contributed by atoms with E-state index in [1.165, 1.54) is 12.3 Å². The molecular formula is C8H5ClF2N2O2. The third-order valence-corrected chi connectivity index (χ3v) is 2.23. The summed E-state index contributed by atoms with van der Waals surface area (Å²) >= 11 is 5.72. The summed E-state index contributed by atoms with van der Waals surface area (Å²) in [5.74, 6) is 0.0176. The van der Waals surface area contributed by atoms with Crippen molar-refractivity contribution in [1.29, 1.82) is 0 Å². The number of carbonyl (C=O) groups excluding carboxylic acids is 1. The molecule has 0 spiro atoms. The van der Waals surface area contributed by atoms with E-state index in [2.05, 4.69) is 15.0 Å². The largest absolute Gasteiger partial charge is 0.435 e. The predicted octanol–water partition coefficient (Wildman–Crippen LogP) is 2.60. The van der Waals surface area contributed by atoms with Crippen LogP contribution in [0.2, 0.25) is 5.02 Å². The maximum Gasteiger partial charge on any atom is 0.413 e. The highest BCUT2D eigenvalue weighted by Gasteiger charge is 2.35. The Labute approximate surface area is 88.2 Å². The molecule has 0 radical (unpaired) electrons. The van der Waals surface area contributed by atoms with Crippen molar-refractivity contribution in [3.8, 4) is 0 Å². The Morgan fingerprint density at radius 3 is 3.00 bits per heavy atom. The van der Waals surface area contributed by atoms with E-state index < -0.39 is 18.6 Å². The van der Waals surface area contributed by atoms with Crippen molar-refractivity contribution >= 4 is 23.5 Å². The quantitative estimate of drug-likeness (QED) is 0.813. The average molecular weight is 235 g/mol. The van der Waals surface area contributed by atoms with E-state index in [4.69, 9.17) is 11.6 Å². The lowest BCUT2D eigenvalue weighted by Crippen LogP contribution is -2.29. The number of ether oxygens (including phenoxy) is 1. The van der Waals surface area contributed by atoms with Crippen molar-refractivity contribution in [2.24, 2.45) is 0 Å². The first-order valence-corrected chi connectivity index (χ1v) is 4.37. The number of alkyl halides is 2. The van der Waals surface area contributed by atoms with E-state index >= 15 is 0 Å². The molecule has 2 heterocycles. The highest BCUT2D eigenvalue weighted by Crippen LogP contribution is 2.37. The number of carbonyl (C=O) groups is 1. The maximum absolute atomic E-state index is 12.6. The molecule has 1 amide bonds. The first-order valence-electron chi connectivity index (χ1n) is 4.00. The number of halogens is 3. The molecular weight excluding hydrogens is 230 g/mol. The number of nitrogens with zero attached hydrogens (tertiary/aromatic N) is 1. The molecule has 15 heavy (non-hydrogen) atoms. The van der Waals surface area contributed by atoms with E-state index in [-0.39, 0.29) is 16.4 Å². The summed E-state index contributed by atoms with van der Waals surface area (Å²) in [5.41, 5.74) is 0.00812. The van der Waals surface area contributed by atoms with Crippen molar-refractivity contribution in [3.05, 3.63) is 22.8 Å². The smallest absolute Gasteiger partial charge is 0.413 e. The van der Waals surface area contributed by atoms with Crippen molar-refractivity contribution in [3.63, 3.8) is 0 Å². The van der Waals surface area contributed by atoms with Crippen LogP contribution in [0.4, 0.5) is 19.4 Å². The molecule has 1 aliphatic heterocycles. The number of aromatic nitrogens is 1. The van der Waals surface area contributed by atoms with E-state index in [0.29, 0.717) is 0 Å². The van der Waals surface area contributed by atoms with Gasteiger partial charge in [0.1, 0.15) is 5.82 Å². The molecule has 4 nitrogen and oxygen atoms in total. The lowest BCUT2D eigenvalue weighted by atomic mass is 10.1. The third kappa shape index (κ3) is 1.72. The van der Waals surface area contributed by atoms with Gasteiger partial charge in [-0.25, -0.2) is 18.6 Å². The van der Waals surface area contributed by atoms with Gasteiger partial charge in [-0.3, -0.25) is 5.32 Å². The highest BCUT2D eigenvalue weighted by molar-refractivity contribution is 6.31. The van der Waals surface area contributed by atoms with Crippen LogP contribution in [0.1, 0.15) is 11.7 Å². The Morgan fingerprint density at radius 2 is 2.33 bits per heavy atom. The van der Waals surface area contributed by atoms with Gasteiger partial charge >= 0.3 is 6.09 Å². The van der Waals surface area contributed by atoms with Gasteiger partial charge in [0, 0.05) is 6.20 Å². The van der Waals surface area contributed by atoms with Crippen molar-refractivity contribution in [2.75, 3.05) is 5.32 Å². The van der Waals surface area contributed by atoms with Crippen LogP contribution in [0, 0.1) is 0 Å². The standard InChI is InChI=1S/C8H5ClF2N2O2/c9-3-1-2-12-7-4(3)5(6(10)11)15-8(14)13-7/h1-2,5-6H,(H,12,13,14). The topological polar surface area (TPSA) is 51.2 Å². The lowest BCUT2D eigenvalue weighted by Gasteiger charge is -2.25. The fraction of sp³-hybridized carbons (Fsp3) is 0.250. The fourth-order valence-electron chi connectivity index (χ4n) is 1.30. The van der Waals surface area contributed by atoms with Crippen molar-refractivity contribution in [2.45, 2.75) is 12.5 Å². The Bertz CT molecular complexity index is 414. The first-order chi connectivity index (χ1) is 7.09. The predicted molar refractivity (Wildman–Crippen MR) is 48.1 cm³/mol. The molecule has 1 N–H and O–H groups in total. The summed E-state index contributed by atoms with van der Waals surface area (Å²) in [7, 11) is 0. The molecule has 0 fully saturated rings. The molecule has 0 aromatic carbocycles. The zero-order chi connectivity index (χ0) is 11.0. The number of hydrogen-bond acceptors (Lipinski definition) is 3. The molecule has 1 atom stereocenters. The van der Waals surface area contributed by atoms with Crippen LogP contribution in [0.5, 0.6) is 0 Å². The number of rotatable bonds is 1. The van der Waals surface area contributed by atoms with Crippen LogP contribution < -0.4 is 5.32 Å². The minimum Gasteiger partial charge on any atom is -0.435 e. The number of cyclic esters (lactones) is 1. The molecule has 1 aromatic heterocycles. The molecule has 0 bridgehead atoms. The summed E-state index contributed by atoms with van der Waals surface area (Å²) in [4.78, 5) is 14.6. The van der Waals surface area contributed by atoms with Gasteiger partial charge in [0.15, 0.2) is 6.10 Å². The average Bonchev–Trinajstić information content (AvgIpc) is 2.16. The monoisotopic (exact) mass is 234 g/mol. The van der Waals surface area contributed by atoms with Gasteiger partial charge in [-0.15, -0.1) is 0 Å². The van der Waals surface area contributed by atoms with Gasteiger partial charge in [-0.05, 0) is 6.07 Å². The van der Waals surface area contributed by atoms with Crippen LogP contribution in [-0.2, 0) is 4.74 Å². The normalized spacial score (nSPS) is 19.5. The zero-order valence-corrected chi connectivity index (χ0v) is 7.96. The van der Waals surface area contributed by atoms with Crippen molar-refractivity contribution < 1.29 is 18.3 Å². The number of fused-ring (bicyclic) bond motifs is 1. The molecule has 80 valence electrons. The SMILES string of the molecule is O=C1Nc2nccc(Cl)c2C(C(F)F)O1. The second-order valence-electron chi connectivity index (χ2n) is 2.84. The van der Waals surface area contributed by atoms with E-state index in [0.717, 1.165) is 0 Å². The molecule has 1 aromatic rings. The summed E-state index contributed by atoms with van der Waals surface area (Å²) < 4.78 is 29.6. The number of anilines is 1. The summed E-state index contributed by atoms with van der Waals surface area (Å²) in [6.07, 6.45) is -4.14. The summed E-state index contributed by atoms with van der Waals surface area (Å²) in [5, 5.41) is 2.28. The molecule has 0 saturated heterocycles.